The Morgan fingerprint density at radius 3 is 2.87 bits per heavy atom. The number of nitrogens with zero attached hydrogens (tertiary/aromatic N) is 3. The van der Waals surface area contributed by atoms with Crippen LogP contribution in [-0.4, -0.2) is 32.3 Å². The fourth-order valence-electron chi connectivity index (χ4n) is 3.86. The molecule has 1 amide bonds. The maximum Gasteiger partial charge on any atom is 0.263 e. The summed E-state index contributed by atoms with van der Waals surface area (Å²) < 4.78 is 7.11. The van der Waals surface area contributed by atoms with Gasteiger partial charge in [0.25, 0.3) is 11.5 Å². The van der Waals surface area contributed by atoms with E-state index in [1.807, 2.05) is 49.4 Å². The third-order valence-electron chi connectivity index (χ3n) is 5.32. The number of aryl methyl sites for hydroxylation is 2. The first-order chi connectivity index (χ1) is 15.1. The lowest BCUT2D eigenvalue weighted by molar-refractivity contribution is -0.118. The predicted molar refractivity (Wildman–Crippen MR) is 117 cm³/mol. The lowest BCUT2D eigenvalue weighted by Gasteiger charge is -2.10. The summed E-state index contributed by atoms with van der Waals surface area (Å²) in [6, 6.07) is 15.4. The van der Waals surface area contributed by atoms with Crippen molar-refractivity contribution in [1.82, 2.24) is 19.7 Å². The average Bonchev–Trinajstić information content (AvgIpc) is 3.38. The van der Waals surface area contributed by atoms with Crippen LogP contribution in [0.1, 0.15) is 23.4 Å². The predicted octanol–water partition coefficient (Wildman–Crippen LogP) is 2.92. The highest BCUT2D eigenvalue weighted by Gasteiger charge is 2.20. The zero-order chi connectivity index (χ0) is 21.4. The Bertz CT molecular complexity index is 1360. The summed E-state index contributed by atoms with van der Waals surface area (Å²) in [5.41, 5.74) is 2.07. The van der Waals surface area contributed by atoms with Gasteiger partial charge in [0.15, 0.2) is 6.61 Å². The minimum atomic E-state index is -0.335. The fraction of sp³-hybridized carbons (Fsp3) is 0.217. The Hall–Kier alpha value is -3.94. The molecule has 0 saturated heterocycles. The number of benzene rings is 2. The molecule has 0 bridgehead atoms. The third-order valence-corrected chi connectivity index (χ3v) is 5.32. The van der Waals surface area contributed by atoms with Crippen LogP contribution in [0.3, 0.4) is 0 Å². The van der Waals surface area contributed by atoms with Crippen molar-refractivity contribution >= 4 is 22.5 Å². The summed E-state index contributed by atoms with van der Waals surface area (Å²) in [5, 5.41) is 9.33. The fourth-order valence-corrected chi connectivity index (χ4v) is 3.86. The van der Waals surface area contributed by atoms with Gasteiger partial charge in [0.2, 0.25) is 5.95 Å². The summed E-state index contributed by atoms with van der Waals surface area (Å²) >= 11 is 0. The van der Waals surface area contributed by atoms with E-state index in [-0.39, 0.29) is 18.1 Å². The van der Waals surface area contributed by atoms with Crippen LogP contribution in [0, 0.1) is 6.92 Å². The van der Waals surface area contributed by atoms with Crippen molar-refractivity contribution in [2.24, 2.45) is 0 Å². The number of ether oxygens (including phenoxy) is 1. The summed E-state index contributed by atoms with van der Waals surface area (Å²) in [7, 11) is 0. The van der Waals surface area contributed by atoms with E-state index in [1.165, 1.54) is 4.68 Å². The molecular weight excluding hydrogens is 394 g/mol. The number of aromatic nitrogens is 4. The molecule has 8 nitrogen and oxygen atoms in total. The normalized spacial score (nSPS) is 12.7. The number of amides is 1. The molecule has 8 heteroatoms. The highest BCUT2D eigenvalue weighted by Crippen LogP contribution is 2.21. The Kier molecular flexibility index (Phi) is 4.74. The van der Waals surface area contributed by atoms with Gasteiger partial charge in [0, 0.05) is 11.6 Å². The van der Waals surface area contributed by atoms with Gasteiger partial charge in [-0.25, -0.2) is 4.98 Å². The Morgan fingerprint density at radius 1 is 1.16 bits per heavy atom. The van der Waals surface area contributed by atoms with Crippen LogP contribution in [-0.2, 0) is 17.6 Å². The van der Waals surface area contributed by atoms with Crippen LogP contribution in [0.4, 0.5) is 5.82 Å². The van der Waals surface area contributed by atoms with Crippen LogP contribution >= 0.6 is 0 Å². The molecule has 4 aromatic rings. The maximum atomic E-state index is 12.5. The molecule has 2 N–H and O–H groups in total. The summed E-state index contributed by atoms with van der Waals surface area (Å²) in [6.07, 6.45) is 2.43. The van der Waals surface area contributed by atoms with E-state index in [4.69, 9.17) is 4.74 Å². The quantitative estimate of drug-likeness (QED) is 0.522. The molecule has 1 aliphatic carbocycles. The second-order valence-electron chi connectivity index (χ2n) is 7.60. The Balaban J connectivity index is 1.33. The molecule has 0 unspecified atom stereocenters. The Labute approximate surface area is 177 Å². The van der Waals surface area contributed by atoms with E-state index in [1.54, 1.807) is 6.07 Å². The van der Waals surface area contributed by atoms with Gasteiger partial charge in [-0.1, -0.05) is 30.3 Å². The molecule has 0 atom stereocenters. The average molecular weight is 415 g/mol. The van der Waals surface area contributed by atoms with Gasteiger partial charge in [-0.05, 0) is 49.1 Å². The molecule has 1 aliphatic rings. The molecule has 31 heavy (non-hydrogen) atoms. The van der Waals surface area contributed by atoms with Gasteiger partial charge < -0.3 is 10.1 Å². The van der Waals surface area contributed by atoms with E-state index >= 15 is 0 Å². The first-order valence-corrected chi connectivity index (χ1v) is 10.2. The summed E-state index contributed by atoms with van der Waals surface area (Å²) in [6.45, 7) is 1.65. The third kappa shape index (κ3) is 3.79. The van der Waals surface area contributed by atoms with Crippen molar-refractivity contribution in [2.75, 3.05) is 11.9 Å². The molecule has 0 saturated carbocycles. The monoisotopic (exact) mass is 415 g/mol. The number of nitrogens with one attached hydrogen (secondary N) is 2. The largest absolute Gasteiger partial charge is 0.484 e. The molecule has 2 aromatic carbocycles. The van der Waals surface area contributed by atoms with Gasteiger partial charge >= 0.3 is 0 Å². The number of hydrogen-bond acceptors (Lipinski definition) is 5. The number of rotatable bonds is 5. The topological polar surface area (TPSA) is 102 Å². The molecule has 156 valence electrons. The minimum Gasteiger partial charge on any atom is -0.484 e. The highest BCUT2D eigenvalue weighted by atomic mass is 16.5. The van der Waals surface area contributed by atoms with Crippen LogP contribution in [0.25, 0.3) is 16.7 Å². The second-order valence-corrected chi connectivity index (χ2v) is 7.60. The number of carbonyl (C=O) groups excluding carboxylic acids is 1. The van der Waals surface area contributed by atoms with Crippen molar-refractivity contribution in [3.05, 3.63) is 75.8 Å². The molecule has 0 aliphatic heterocycles. The van der Waals surface area contributed by atoms with Crippen molar-refractivity contribution in [3.63, 3.8) is 0 Å². The smallest absolute Gasteiger partial charge is 0.263 e. The van der Waals surface area contributed by atoms with E-state index in [9.17, 15) is 9.59 Å². The van der Waals surface area contributed by atoms with Crippen LogP contribution in [0.2, 0.25) is 0 Å². The van der Waals surface area contributed by atoms with Crippen molar-refractivity contribution in [1.29, 1.82) is 0 Å². The lowest BCUT2D eigenvalue weighted by atomic mass is 10.1. The molecule has 0 spiro atoms. The molecule has 0 radical (unpaired) electrons. The van der Waals surface area contributed by atoms with Gasteiger partial charge in [-0.3, -0.25) is 14.6 Å². The molecule has 2 heterocycles. The SMILES string of the molecule is Cc1cc(NC(=O)COc2ccc3ccccc3c2)n(-c2nc3c(c(=O)[nH]2)CCC3)n1. The number of H-pyrrole nitrogens is 1. The molecular formula is C23H21N5O3. The number of aromatic amines is 1. The highest BCUT2D eigenvalue weighted by molar-refractivity contribution is 5.91. The zero-order valence-electron chi connectivity index (χ0n) is 17.0. The van der Waals surface area contributed by atoms with Crippen LogP contribution in [0.15, 0.2) is 53.3 Å². The maximum absolute atomic E-state index is 12.5. The Morgan fingerprint density at radius 2 is 2.00 bits per heavy atom. The van der Waals surface area contributed by atoms with Crippen molar-refractivity contribution < 1.29 is 9.53 Å². The first-order valence-electron chi connectivity index (χ1n) is 10.2. The summed E-state index contributed by atoms with van der Waals surface area (Å²) in [5.74, 6) is 0.996. The minimum absolute atomic E-state index is 0.150. The first kappa shape index (κ1) is 19.0. The van der Waals surface area contributed by atoms with Crippen LogP contribution in [0.5, 0.6) is 5.75 Å². The van der Waals surface area contributed by atoms with Gasteiger partial charge in [-0.2, -0.15) is 9.78 Å². The van der Waals surface area contributed by atoms with Crippen molar-refractivity contribution in [2.45, 2.75) is 26.2 Å². The lowest BCUT2D eigenvalue weighted by Crippen LogP contribution is -2.24. The number of hydrogen-bond donors (Lipinski definition) is 2. The number of anilines is 1. The van der Waals surface area contributed by atoms with Crippen molar-refractivity contribution in [3.8, 4) is 11.7 Å². The van der Waals surface area contributed by atoms with Gasteiger partial charge in [0.1, 0.15) is 11.6 Å². The number of fused-ring (bicyclic) bond motifs is 2. The molecule has 0 fully saturated rings. The number of carbonyl (C=O) groups is 1. The van der Waals surface area contributed by atoms with E-state index in [0.29, 0.717) is 23.2 Å². The van der Waals surface area contributed by atoms with E-state index in [0.717, 1.165) is 41.3 Å². The zero-order valence-corrected chi connectivity index (χ0v) is 17.0. The van der Waals surface area contributed by atoms with Gasteiger partial charge in [0.05, 0.1) is 11.4 Å². The molecule has 2 aromatic heterocycles. The molecule has 5 rings (SSSR count). The second kappa shape index (κ2) is 7.71. The van der Waals surface area contributed by atoms with Crippen LogP contribution < -0.4 is 15.6 Å². The van der Waals surface area contributed by atoms with Gasteiger partial charge in [-0.15, -0.1) is 0 Å². The standard InChI is InChI=1S/C23H21N5O3/c1-14-11-20(28(27-14)23-24-19-8-4-7-18(19)22(30)26-23)25-21(29)13-31-17-10-9-15-5-2-3-6-16(15)12-17/h2-3,5-6,9-12H,4,7-8,13H2,1H3,(H,25,29)(H,24,26,30). The van der Waals surface area contributed by atoms with E-state index in [2.05, 4.69) is 20.4 Å². The summed E-state index contributed by atoms with van der Waals surface area (Å²) in [4.78, 5) is 32.2. The van der Waals surface area contributed by atoms with E-state index < -0.39 is 0 Å².